The predicted molar refractivity (Wildman–Crippen MR) is 75.5 cm³/mol. The molecule has 2 aromatic rings. The zero-order chi connectivity index (χ0) is 13.7. The topological polar surface area (TPSA) is 78.7 Å². The van der Waals surface area contributed by atoms with E-state index in [0.29, 0.717) is 6.04 Å². The van der Waals surface area contributed by atoms with E-state index < -0.39 is 0 Å². The highest BCUT2D eigenvalue weighted by molar-refractivity contribution is 5.66. The molecule has 2 saturated carbocycles. The Morgan fingerprint density at radius 1 is 0.900 bits per heavy atom. The maximum absolute atomic E-state index is 12.8. The van der Waals surface area contributed by atoms with E-state index in [9.17, 15) is 4.79 Å². The van der Waals surface area contributed by atoms with E-state index in [-0.39, 0.29) is 17.8 Å². The first kappa shape index (κ1) is 12.1. The Bertz CT molecular complexity index is 691. The van der Waals surface area contributed by atoms with E-state index in [2.05, 4.69) is 9.97 Å². The second-order valence-corrected chi connectivity index (χ2v) is 6.03. The Hall–Kier alpha value is -1.69. The van der Waals surface area contributed by atoms with Crippen LogP contribution in [-0.2, 0) is 0 Å². The summed E-state index contributed by atoms with van der Waals surface area (Å²) in [4.78, 5) is 21.6. The highest BCUT2D eigenvalue weighted by atomic mass is 16.2. The summed E-state index contributed by atoms with van der Waals surface area (Å²) >= 11 is 0. The van der Waals surface area contributed by atoms with Gasteiger partial charge in [-0.3, -0.25) is 9.13 Å². The lowest BCUT2D eigenvalue weighted by atomic mass is 9.92. The van der Waals surface area contributed by atoms with Crippen molar-refractivity contribution in [2.75, 3.05) is 0 Å². The molecule has 0 radical (unpaired) electrons. The molecule has 2 heterocycles. The standard InChI is InChI=1S/C14H19N5O/c15-9-1-3-10(4-2-9)18-12-13(17-8-7-16-12)19(14(18)20)11-5-6-11/h7-11H,1-6,15H2. The molecule has 20 heavy (non-hydrogen) atoms. The van der Waals surface area contributed by atoms with Gasteiger partial charge in [-0.25, -0.2) is 14.8 Å². The van der Waals surface area contributed by atoms with E-state index >= 15 is 0 Å². The van der Waals surface area contributed by atoms with Crippen LogP contribution in [0.3, 0.4) is 0 Å². The number of fused-ring (bicyclic) bond motifs is 1. The van der Waals surface area contributed by atoms with Gasteiger partial charge in [0.2, 0.25) is 0 Å². The van der Waals surface area contributed by atoms with Crippen LogP contribution in [0.1, 0.15) is 50.6 Å². The molecule has 2 N–H and O–H groups in total. The Morgan fingerprint density at radius 3 is 1.80 bits per heavy atom. The summed E-state index contributed by atoms with van der Waals surface area (Å²) in [5.41, 5.74) is 7.52. The third kappa shape index (κ3) is 1.78. The Balaban J connectivity index is 1.86. The molecule has 6 heteroatoms. The molecular weight excluding hydrogens is 254 g/mol. The lowest BCUT2D eigenvalue weighted by Crippen LogP contribution is -2.33. The fourth-order valence-electron chi connectivity index (χ4n) is 3.31. The van der Waals surface area contributed by atoms with Crippen molar-refractivity contribution in [3.8, 4) is 0 Å². The number of aromatic nitrogens is 4. The average Bonchev–Trinajstić information content (AvgIpc) is 3.24. The van der Waals surface area contributed by atoms with Crippen molar-refractivity contribution in [2.24, 2.45) is 5.73 Å². The van der Waals surface area contributed by atoms with E-state index in [1.165, 1.54) is 0 Å². The Labute approximate surface area is 116 Å². The fourth-order valence-corrected chi connectivity index (χ4v) is 3.31. The second-order valence-electron chi connectivity index (χ2n) is 6.03. The molecule has 0 aromatic carbocycles. The van der Waals surface area contributed by atoms with Crippen molar-refractivity contribution >= 4 is 11.3 Å². The van der Waals surface area contributed by atoms with Gasteiger partial charge in [-0.05, 0) is 38.5 Å². The number of imidazole rings is 1. The van der Waals surface area contributed by atoms with Crippen molar-refractivity contribution in [1.82, 2.24) is 19.1 Å². The van der Waals surface area contributed by atoms with Gasteiger partial charge in [-0.1, -0.05) is 0 Å². The van der Waals surface area contributed by atoms with Gasteiger partial charge in [-0.2, -0.15) is 0 Å². The maximum atomic E-state index is 12.8. The Kier molecular flexibility index (Phi) is 2.66. The number of hydrogen-bond donors (Lipinski definition) is 1. The summed E-state index contributed by atoms with van der Waals surface area (Å²) in [6.45, 7) is 0. The first-order valence-corrected chi connectivity index (χ1v) is 7.44. The molecule has 106 valence electrons. The molecule has 2 aliphatic rings. The molecule has 0 spiro atoms. The summed E-state index contributed by atoms with van der Waals surface area (Å²) in [7, 11) is 0. The molecule has 0 aliphatic heterocycles. The van der Waals surface area contributed by atoms with E-state index in [4.69, 9.17) is 5.73 Å². The first-order valence-electron chi connectivity index (χ1n) is 7.44. The van der Waals surface area contributed by atoms with E-state index in [1.807, 2.05) is 9.13 Å². The van der Waals surface area contributed by atoms with Gasteiger partial charge < -0.3 is 5.73 Å². The van der Waals surface area contributed by atoms with Crippen LogP contribution in [-0.4, -0.2) is 25.1 Å². The van der Waals surface area contributed by atoms with Crippen LogP contribution >= 0.6 is 0 Å². The van der Waals surface area contributed by atoms with Crippen LogP contribution in [0.15, 0.2) is 17.2 Å². The lowest BCUT2D eigenvalue weighted by molar-refractivity contribution is 0.320. The normalized spacial score (nSPS) is 27.1. The van der Waals surface area contributed by atoms with Gasteiger partial charge >= 0.3 is 5.69 Å². The van der Waals surface area contributed by atoms with Crippen LogP contribution in [0, 0.1) is 0 Å². The van der Waals surface area contributed by atoms with Gasteiger partial charge in [-0.15, -0.1) is 0 Å². The zero-order valence-corrected chi connectivity index (χ0v) is 11.4. The highest BCUT2D eigenvalue weighted by Gasteiger charge is 2.32. The van der Waals surface area contributed by atoms with Crippen LogP contribution in [0.5, 0.6) is 0 Å². The van der Waals surface area contributed by atoms with Gasteiger partial charge in [0, 0.05) is 30.5 Å². The van der Waals surface area contributed by atoms with Crippen LogP contribution in [0.25, 0.3) is 11.3 Å². The van der Waals surface area contributed by atoms with Crippen molar-refractivity contribution in [3.63, 3.8) is 0 Å². The minimum Gasteiger partial charge on any atom is -0.328 e. The Morgan fingerprint density at radius 2 is 1.35 bits per heavy atom. The molecule has 0 bridgehead atoms. The summed E-state index contributed by atoms with van der Waals surface area (Å²) in [6, 6.07) is 0.833. The third-order valence-electron chi connectivity index (χ3n) is 4.55. The van der Waals surface area contributed by atoms with Crippen molar-refractivity contribution < 1.29 is 0 Å². The third-order valence-corrected chi connectivity index (χ3v) is 4.55. The zero-order valence-electron chi connectivity index (χ0n) is 11.4. The van der Waals surface area contributed by atoms with Crippen LogP contribution in [0.4, 0.5) is 0 Å². The highest BCUT2D eigenvalue weighted by Crippen LogP contribution is 2.36. The maximum Gasteiger partial charge on any atom is 0.332 e. The number of rotatable bonds is 2. The van der Waals surface area contributed by atoms with Crippen molar-refractivity contribution in [1.29, 1.82) is 0 Å². The van der Waals surface area contributed by atoms with E-state index in [1.54, 1.807) is 12.4 Å². The molecule has 2 fully saturated rings. The second kappa shape index (κ2) is 4.41. The van der Waals surface area contributed by atoms with Gasteiger partial charge in [0.05, 0.1) is 0 Å². The molecular formula is C14H19N5O. The van der Waals surface area contributed by atoms with Crippen LogP contribution < -0.4 is 11.4 Å². The largest absolute Gasteiger partial charge is 0.332 e. The quantitative estimate of drug-likeness (QED) is 0.896. The van der Waals surface area contributed by atoms with Gasteiger partial charge in [0.25, 0.3) is 0 Å². The first-order chi connectivity index (χ1) is 9.75. The minimum atomic E-state index is 0.0640. The molecule has 0 atom stereocenters. The number of nitrogens with two attached hydrogens (primary N) is 1. The number of hydrogen-bond acceptors (Lipinski definition) is 4. The van der Waals surface area contributed by atoms with Crippen molar-refractivity contribution in [3.05, 3.63) is 22.9 Å². The molecule has 0 amide bonds. The molecule has 4 rings (SSSR count). The van der Waals surface area contributed by atoms with Gasteiger partial charge in [0.15, 0.2) is 11.3 Å². The summed E-state index contributed by atoms with van der Waals surface area (Å²) < 4.78 is 3.71. The lowest BCUT2D eigenvalue weighted by Gasteiger charge is -2.26. The fraction of sp³-hybridized carbons (Fsp3) is 0.643. The molecule has 0 saturated heterocycles. The molecule has 0 unspecified atom stereocenters. The summed E-state index contributed by atoms with van der Waals surface area (Å²) in [5, 5.41) is 0. The molecule has 6 nitrogen and oxygen atoms in total. The molecule has 2 aliphatic carbocycles. The van der Waals surface area contributed by atoms with E-state index in [0.717, 1.165) is 49.8 Å². The van der Waals surface area contributed by atoms with Crippen molar-refractivity contribution in [2.45, 2.75) is 56.7 Å². The number of nitrogens with zero attached hydrogens (tertiary/aromatic N) is 4. The summed E-state index contributed by atoms with van der Waals surface area (Å²) in [6.07, 6.45) is 9.37. The smallest absolute Gasteiger partial charge is 0.328 e. The summed E-state index contributed by atoms with van der Waals surface area (Å²) in [5.74, 6) is 0. The predicted octanol–water partition coefficient (Wildman–Crippen LogP) is 1.37. The molecule has 2 aromatic heterocycles. The average molecular weight is 273 g/mol. The SMILES string of the molecule is NC1CCC(n2c(=O)n(C3CC3)c3nccnc32)CC1. The monoisotopic (exact) mass is 273 g/mol. The van der Waals surface area contributed by atoms with Gasteiger partial charge in [0.1, 0.15) is 0 Å². The minimum absolute atomic E-state index is 0.0640. The van der Waals surface area contributed by atoms with Crippen LogP contribution in [0.2, 0.25) is 0 Å².